The minimum Gasteiger partial charge on any atom is -0.387 e. The molecule has 0 aromatic heterocycles. The fourth-order valence-electron chi connectivity index (χ4n) is 2.63. The third-order valence-electron chi connectivity index (χ3n) is 3.27. The Morgan fingerprint density at radius 2 is 2.00 bits per heavy atom. The Kier molecular flexibility index (Phi) is 3.82. The Balaban J connectivity index is 1.90. The molecule has 0 saturated carbocycles. The quantitative estimate of drug-likeness (QED) is 0.847. The maximum absolute atomic E-state index is 10.4. The molecule has 1 unspecified atom stereocenters. The van der Waals surface area contributed by atoms with Gasteiger partial charge in [-0.25, -0.2) is 0 Å². The van der Waals surface area contributed by atoms with E-state index in [2.05, 4.69) is 34.1 Å². The summed E-state index contributed by atoms with van der Waals surface area (Å²) in [6, 6.07) is 10.5. The molecule has 1 aromatic carbocycles. The van der Waals surface area contributed by atoms with Crippen molar-refractivity contribution in [2.24, 2.45) is 0 Å². The maximum atomic E-state index is 10.4. The molecule has 1 heterocycles. The lowest BCUT2D eigenvalue weighted by molar-refractivity contribution is 0.0240. The predicted molar refractivity (Wildman–Crippen MR) is 69.8 cm³/mol. The third kappa shape index (κ3) is 3.53. The summed E-state index contributed by atoms with van der Waals surface area (Å²) in [4.78, 5) is 4.39. The largest absolute Gasteiger partial charge is 0.387 e. The fourth-order valence-corrected chi connectivity index (χ4v) is 2.63. The van der Waals surface area contributed by atoms with Gasteiger partial charge in [-0.3, -0.25) is 4.90 Å². The van der Waals surface area contributed by atoms with E-state index in [4.69, 9.17) is 0 Å². The molecule has 1 N–H and O–H groups in total. The summed E-state index contributed by atoms with van der Waals surface area (Å²) < 4.78 is 0. The van der Waals surface area contributed by atoms with E-state index < -0.39 is 5.60 Å². The van der Waals surface area contributed by atoms with Crippen molar-refractivity contribution >= 4 is 0 Å². The molecule has 94 valence electrons. The van der Waals surface area contributed by atoms with Crippen LogP contribution in [0, 0.1) is 0 Å². The topological polar surface area (TPSA) is 26.7 Å². The van der Waals surface area contributed by atoms with E-state index >= 15 is 0 Å². The van der Waals surface area contributed by atoms with Gasteiger partial charge in [0.05, 0.1) is 5.60 Å². The third-order valence-corrected chi connectivity index (χ3v) is 3.27. The van der Waals surface area contributed by atoms with Gasteiger partial charge >= 0.3 is 0 Å². The van der Waals surface area contributed by atoms with Crippen LogP contribution in [0.5, 0.6) is 0 Å². The molecular formula is C14H22N2O. The number of β-amino-alcohol motifs (C(OH)–C–C–N with tert-alkyl or cyclic N) is 1. The van der Waals surface area contributed by atoms with E-state index in [1.54, 1.807) is 0 Å². The van der Waals surface area contributed by atoms with Crippen molar-refractivity contribution in [1.29, 1.82) is 0 Å². The molecule has 1 aromatic rings. The van der Waals surface area contributed by atoms with Crippen LogP contribution in [0.25, 0.3) is 0 Å². The van der Waals surface area contributed by atoms with Gasteiger partial charge in [-0.1, -0.05) is 30.3 Å². The van der Waals surface area contributed by atoms with E-state index in [1.165, 1.54) is 5.56 Å². The van der Waals surface area contributed by atoms with Gasteiger partial charge in [0.25, 0.3) is 0 Å². The lowest BCUT2D eigenvalue weighted by atomic mass is 10.0. The average Bonchev–Trinajstić information content (AvgIpc) is 2.60. The highest BCUT2D eigenvalue weighted by Crippen LogP contribution is 2.23. The molecule has 1 atom stereocenters. The summed E-state index contributed by atoms with van der Waals surface area (Å²) in [6.07, 6.45) is 0.873. The normalized spacial score (nSPS) is 25.6. The number of benzene rings is 1. The van der Waals surface area contributed by atoms with Crippen LogP contribution in [0.2, 0.25) is 0 Å². The first-order valence-electron chi connectivity index (χ1n) is 6.21. The molecule has 0 radical (unpaired) electrons. The lowest BCUT2D eigenvalue weighted by Gasteiger charge is -2.26. The number of hydrogen-bond acceptors (Lipinski definition) is 3. The second-order valence-corrected chi connectivity index (χ2v) is 5.41. The van der Waals surface area contributed by atoms with Gasteiger partial charge in [-0.15, -0.1) is 0 Å². The number of likely N-dealkylation sites (tertiary alicyclic amines) is 1. The van der Waals surface area contributed by atoms with Crippen molar-refractivity contribution in [2.75, 3.05) is 33.7 Å². The highest BCUT2D eigenvalue weighted by molar-refractivity contribution is 5.15. The summed E-state index contributed by atoms with van der Waals surface area (Å²) in [5.74, 6) is 0. The second kappa shape index (κ2) is 5.17. The van der Waals surface area contributed by atoms with Crippen LogP contribution in [-0.2, 0) is 6.54 Å². The van der Waals surface area contributed by atoms with E-state index in [0.717, 1.165) is 32.6 Å². The smallest absolute Gasteiger partial charge is 0.0912 e. The molecule has 3 heteroatoms. The van der Waals surface area contributed by atoms with Gasteiger partial charge in [0.1, 0.15) is 0 Å². The van der Waals surface area contributed by atoms with E-state index in [9.17, 15) is 5.11 Å². The summed E-state index contributed by atoms with van der Waals surface area (Å²) in [7, 11) is 4.02. The Labute approximate surface area is 104 Å². The molecule has 0 spiro atoms. The number of hydrogen-bond donors (Lipinski definition) is 1. The van der Waals surface area contributed by atoms with Gasteiger partial charge in [-0.2, -0.15) is 0 Å². The Hall–Kier alpha value is -0.900. The predicted octanol–water partition coefficient (Wildman–Crippen LogP) is 1.18. The molecule has 0 amide bonds. The van der Waals surface area contributed by atoms with Crippen LogP contribution in [0.15, 0.2) is 30.3 Å². The van der Waals surface area contributed by atoms with Gasteiger partial charge in [-0.05, 0) is 26.1 Å². The molecule has 1 aliphatic rings. The summed E-state index contributed by atoms with van der Waals surface area (Å²) in [5, 5.41) is 10.4. The van der Waals surface area contributed by atoms with Gasteiger partial charge in [0, 0.05) is 26.2 Å². The van der Waals surface area contributed by atoms with Crippen molar-refractivity contribution < 1.29 is 5.11 Å². The minimum atomic E-state index is -0.529. The summed E-state index contributed by atoms with van der Waals surface area (Å²) in [6.45, 7) is 3.45. The molecule has 1 saturated heterocycles. The lowest BCUT2D eigenvalue weighted by Crippen LogP contribution is -2.42. The Morgan fingerprint density at radius 1 is 1.29 bits per heavy atom. The maximum Gasteiger partial charge on any atom is 0.0912 e. The van der Waals surface area contributed by atoms with Crippen LogP contribution in [0.4, 0.5) is 0 Å². The van der Waals surface area contributed by atoms with Gasteiger partial charge in [0.2, 0.25) is 0 Å². The molecule has 1 aliphatic heterocycles. The molecular weight excluding hydrogens is 212 g/mol. The highest BCUT2D eigenvalue weighted by atomic mass is 16.3. The molecule has 17 heavy (non-hydrogen) atoms. The van der Waals surface area contributed by atoms with E-state index in [0.29, 0.717) is 0 Å². The van der Waals surface area contributed by atoms with Gasteiger partial charge in [0.15, 0.2) is 0 Å². The standard InChI is InChI=1S/C14H22N2O/c1-15(2)11-14(17)8-9-16(12-14)10-13-6-4-3-5-7-13/h3-7,17H,8-12H2,1-2H3. The van der Waals surface area contributed by atoms with Crippen LogP contribution in [0.1, 0.15) is 12.0 Å². The molecule has 0 aliphatic carbocycles. The van der Waals surface area contributed by atoms with Gasteiger partial charge < -0.3 is 10.0 Å². The first-order chi connectivity index (χ1) is 8.07. The number of likely N-dealkylation sites (N-methyl/N-ethyl adjacent to an activating group) is 1. The van der Waals surface area contributed by atoms with E-state index in [1.807, 2.05) is 20.2 Å². The molecule has 3 nitrogen and oxygen atoms in total. The summed E-state index contributed by atoms with van der Waals surface area (Å²) in [5.41, 5.74) is 0.791. The zero-order valence-electron chi connectivity index (χ0n) is 10.8. The van der Waals surface area contributed by atoms with Crippen molar-refractivity contribution in [1.82, 2.24) is 9.80 Å². The fraction of sp³-hybridized carbons (Fsp3) is 0.571. The number of aliphatic hydroxyl groups is 1. The first kappa shape index (κ1) is 12.6. The van der Waals surface area contributed by atoms with Crippen molar-refractivity contribution in [3.63, 3.8) is 0 Å². The van der Waals surface area contributed by atoms with Crippen molar-refractivity contribution in [3.8, 4) is 0 Å². The van der Waals surface area contributed by atoms with E-state index in [-0.39, 0.29) is 0 Å². The number of nitrogens with zero attached hydrogens (tertiary/aromatic N) is 2. The van der Waals surface area contributed by atoms with Crippen molar-refractivity contribution in [3.05, 3.63) is 35.9 Å². The van der Waals surface area contributed by atoms with Crippen LogP contribution in [-0.4, -0.2) is 54.2 Å². The molecule has 2 rings (SSSR count). The Bertz CT molecular complexity index is 352. The summed E-state index contributed by atoms with van der Waals surface area (Å²) >= 11 is 0. The second-order valence-electron chi connectivity index (χ2n) is 5.41. The monoisotopic (exact) mass is 234 g/mol. The van der Waals surface area contributed by atoms with Crippen molar-refractivity contribution in [2.45, 2.75) is 18.6 Å². The van der Waals surface area contributed by atoms with Crippen LogP contribution >= 0.6 is 0 Å². The SMILES string of the molecule is CN(C)CC1(O)CCN(Cc2ccccc2)C1. The zero-order chi connectivity index (χ0) is 12.3. The number of rotatable bonds is 4. The highest BCUT2D eigenvalue weighted by Gasteiger charge is 2.36. The van der Waals surface area contributed by atoms with Crippen LogP contribution in [0.3, 0.4) is 0 Å². The zero-order valence-corrected chi connectivity index (χ0v) is 10.8. The molecule has 0 bridgehead atoms. The Morgan fingerprint density at radius 3 is 2.65 bits per heavy atom. The molecule has 1 fully saturated rings. The first-order valence-corrected chi connectivity index (χ1v) is 6.21. The van der Waals surface area contributed by atoms with Crippen LogP contribution < -0.4 is 0 Å². The minimum absolute atomic E-state index is 0.529. The average molecular weight is 234 g/mol.